The van der Waals surface area contributed by atoms with E-state index < -0.39 is 15.8 Å². The van der Waals surface area contributed by atoms with E-state index in [1.54, 1.807) is 4.90 Å². The van der Waals surface area contributed by atoms with Crippen molar-refractivity contribution in [1.29, 1.82) is 0 Å². The number of nitrogens with one attached hydrogen (secondary N) is 1. The van der Waals surface area contributed by atoms with Crippen molar-refractivity contribution in [2.45, 2.75) is 24.8 Å². The monoisotopic (exact) mass is 426 g/mol. The SMILES string of the molecule is CC(C)C1C(=O)NCCN1CC(=O)N1CCN(S(=O)(=O)c2cccc(F)c2)CC1. The van der Waals surface area contributed by atoms with Crippen molar-refractivity contribution < 1.29 is 22.4 Å². The first kappa shape index (κ1) is 21.7. The standard InChI is InChI=1S/C19H27FN4O4S/c1-14(2)18-19(26)21-6-7-23(18)13-17(25)22-8-10-24(11-9-22)29(27,28)16-5-3-4-15(20)12-16/h3-5,12,14,18H,6-11,13H2,1-2H3,(H,21,26). The molecule has 0 radical (unpaired) electrons. The lowest BCUT2D eigenvalue weighted by molar-refractivity contribution is -0.138. The van der Waals surface area contributed by atoms with Gasteiger partial charge in [0.2, 0.25) is 21.8 Å². The van der Waals surface area contributed by atoms with Crippen LogP contribution >= 0.6 is 0 Å². The van der Waals surface area contributed by atoms with Crippen LogP contribution in [0.3, 0.4) is 0 Å². The lowest BCUT2D eigenvalue weighted by Crippen LogP contribution is -2.60. The molecule has 0 spiro atoms. The maximum atomic E-state index is 13.4. The number of carbonyl (C=O) groups excluding carboxylic acids is 2. The maximum Gasteiger partial charge on any atom is 0.243 e. The molecule has 2 saturated heterocycles. The van der Waals surface area contributed by atoms with Gasteiger partial charge in [0.25, 0.3) is 0 Å². The third-order valence-corrected chi connectivity index (χ3v) is 7.25. The van der Waals surface area contributed by atoms with Crippen LogP contribution in [-0.2, 0) is 19.6 Å². The molecular weight excluding hydrogens is 399 g/mol. The van der Waals surface area contributed by atoms with Gasteiger partial charge in [-0.3, -0.25) is 14.5 Å². The number of hydrogen-bond acceptors (Lipinski definition) is 5. The molecule has 10 heteroatoms. The minimum absolute atomic E-state index is 0.0648. The van der Waals surface area contributed by atoms with Crippen LogP contribution in [0, 0.1) is 11.7 Å². The Morgan fingerprint density at radius 3 is 2.52 bits per heavy atom. The Morgan fingerprint density at radius 1 is 1.21 bits per heavy atom. The molecule has 2 aliphatic rings. The summed E-state index contributed by atoms with van der Waals surface area (Å²) in [5, 5.41) is 2.83. The summed E-state index contributed by atoms with van der Waals surface area (Å²) in [5.41, 5.74) is 0. The Morgan fingerprint density at radius 2 is 1.90 bits per heavy atom. The molecule has 1 N–H and O–H groups in total. The number of sulfonamides is 1. The van der Waals surface area contributed by atoms with Gasteiger partial charge >= 0.3 is 0 Å². The van der Waals surface area contributed by atoms with E-state index in [4.69, 9.17) is 0 Å². The maximum absolute atomic E-state index is 13.4. The quantitative estimate of drug-likeness (QED) is 0.722. The van der Waals surface area contributed by atoms with Crippen LogP contribution < -0.4 is 5.32 Å². The zero-order chi connectivity index (χ0) is 21.2. The predicted octanol–water partition coefficient (Wildman–Crippen LogP) is 0.115. The Labute approximate surface area is 170 Å². The molecule has 1 unspecified atom stereocenters. The van der Waals surface area contributed by atoms with Gasteiger partial charge in [-0.15, -0.1) is 0 Å². The minimum atomic E-state index is -3.80. The fraction of sp³-hybridized carbons (Fsp3) is 0.579. The summed E-state index contributed by atoms with van der Waals surface area (Å²) in [4.78, 5) is 28.3. The molecule has 2 aliphatic heterocycles. The second-order valence-electron chi connectivity index (χ2n) is 7.69. The first-order valence-corrected chi connectivity index (χ1v) is 11.2. The van der Waals surface area contributed by atoms with Gasteiger partial charge in [0.1, 0.15) is 5.82 Å². The average Bonchev–Trinajstić information content (AvgIpc) is 2.68. The first-order valence-electron chi connectivity index (χ1n) is 9.75. The molecule has 0 bridgehead atoms. The third kappa shape index (κ3) is 4.76. The number of amides is 2. The molecular formula is C19H27FN4O4S. The van der Waals surface area contributed by atoms with Crippen LogP contribution in [0.5, 0.6) is 0 Å². The number of nitrogens with zero attached hydrogens (tertiary/aromatic N) is 3. The van der Waals surface area contributed by atoms with Crippen molar-refractivity contribution in [1.82, 2.24) is 19.4 Å². The van der Waals surface area contributed by atoms with Gasteiger partial charge in [0.05, 0.1) is 17.5 Å². The highest BCUT2D eigenvalue weighted by Gasteiger charge is 2.35. The Kier molecular flexibility index (Phi) is 6.55. The molecule has 2 amide bonds. The molecule has 0 aliphatic carbocycles. The summed E-state index contributed by atoms with van der Waals surface area (Å²) < 4.78 is 40.1. The number of piperazine rings is 2. The van der Waals surface area contributed by atoms with Crippen molar-refractivity contribution in [3.63, 3.8) is 0 Å². The Bertz CT molecular complexity index is 869. The summed E-state index contributed by atoms with van der Waals surface area (Å²) in [7, 11) is -3.80. The van der Waals surface area contributed by atoms with E-state index in [-0.39, 0.29) is 61.4 Å². The molecule has 8 nitrogen and oxygen atoms in total. The van der Waals surface area contributed by atoms with Gasteiger partial charge < -0.3 is 10.2 Å². The number of halogens is 1. The predicted molar refractivity (Wildman–Crippen MR) is 105 cm³/mol. The average molecular weight is 427 g/mol. The second-order valence-corrected chi connectivity index (χ2v) is 9.63. The molecule has 1 aromatic rings. The van der Waals surface area contributed by atoms with Gasteiger partial charge in [-0.25, -0.2) is 12.8 Å². The number of benzene rings is 1. The zero-order valence-electron chi connectivity index (χ0n) is 16.7. The van der Waals surface area contributed by atoms with E-state index in [1.807, 2.05) is 18.7 Å². The van der Waals surface area contributed by atoms with Crippen LogP contribution in [0.1, 0.15) is 13.8 Å². The fourth-order valence-electron chi connectivity index (χ4n) is 3.86. The molecule has 2 fully saturated rings. The van der Waals surface area contributed by atoms with E-state index in [0.29, 0.717) is 13.1 Å². The van der Waals surface area contributed by atoms with Gasteiger partial charge in [0, 0.05) is 39.3 Å². The van der Waals surface area contributed by atoms with E-state index in [1.165, 1.54) is 22.5 Å². The molecule has 1 aromatic carbocycles. The highest BCUT2D eigenvalue weighted by molar-refractivity contribution is 7.89. The van der Waals surface area contributed by atoms with Gasteiger partial charge in [0.15, 0.2) is 0 Å². The third-order valence-electron chi connectivity index (χ3n) is 5.36. The summed E-state index contributed by atoms with van der Waals surface area (Å²) in [6.45, 7) is 5.97. The van der Waals surface area contributed by atoms with Gasteiger partial charge in [-0.05, 0) is 24.1 Å². The van der Waals surface area contributed by atoms with Crippen LogP contribution in [0.4, 0.5) is 4.39 Å². The van der Waals surface area contributed by atoms with E-state index in [0.717, 1.165) is 6.07 Å². The number of carbonyl (C=O) groups is 2. The largest absolute Gasteiger partial charge is 0.353 e. The molecule has 3 rings (SSSR count). The smallest absolute Gasteiger partial charge is 0.243 e. The molecule has 0 saturated carbocycles. The molecule has 2 heterocycles. The second kappa shape index (κ2) is 8.76. The molecule has 160 valence electrons. The van der Waals surface area contributed by atoms with Crippen molar-refractivity contribution in [3.05, 3.63) is 30.1 Å². The lowest BCUT2D eigenvalue weighted by Gasteiger charge is -2.39. The fourth-order valence-corrected chi connectivity index (χ4v) is 5.32. The van der Waals surface area contributed by atoms with E-state index >= 15 is 0 Å². The van der Waals surface area contributed by atoms with Crippen LogP contribution in [0.25, 0.3) is 0 Å². The minimum Gasteiger partial charge on any atom is -0.353 e. The lowest BCUT2D eigenvalue weighted by atomic mass is 9.99. The van der Waals surface area contributed by atoms with E-state index in [2.05, 4.69) is 5.32 Å². The normalized spacial score (nSPS) is 22.0. The van der Waals surface area contributed by atoms with Crippen LogP contribution in [0.15, 0.2) is 29.2 Å². The summed E-state index contributed by atoms with van der Waals surface area (Å²) in [6, 6.07) is 4.58. The van der Waals surface area contributed by atoms with Crippen molar-refractivity contribution >= 4 is 21.8 Å². The molecule has 29 heavy (non-hydrogen) atoms. The van der Waals surface area contributed by atoms with Crippen molar-refractivity contribution in [2.75, 3.05) is 45.8 Å². The van der Waals surface area contributed by atoms with Crippen molar-refractivity contribution in [2.24, 2.45) is 5.92 Å². The van der Waals surface area contributed by atoms with Crippen molar-refractivity contribution in [3.8, 4) is 0 Å². The van der Waals surface area contributed by atoms with Gasteiger partial charge in [-0.2, -0.15) is 4.31 Å². The van der Waals surface area contributed by atoms with E-state index in [9.17, 15) is 22.4 Å². The Balaban J connectivity index is 1.60. The summed E-state index contributed by atoms with van der Waals surface area (Å²) in [5.74, 6) is -0.709. The van der Waals surface area contributed by atoms with Gasteiger partial charge in [-0.1, -0.05) is 19.9 Å². The summed E-state index contributed by atoms with van der Waals surface area (Å²) in [6.07, 6.45) is 0. The molecule has 0 aromatic heterocycles. The number of rotatable bonds is 5. The number of hydrogen-bond donors (Lipinski definition) is 1. The Hall–Kier alpha value is -2.04. The summed E-state index contributed by atoms with van der Waals surface area (Å²) >= 11 is 0. The van der Waals surface area contributed by atoms with Crippen LogP contribution in [0.2, 0.25) is 0 Å². The van der Waals surface area contributed by atoms with Crippen LogP contribution in [-0.4, -0.2) is 86.2 Å². The zero-order valence-corrected chi connectivity index (χ0v) is 17.5. The molecule has 1 atom stereocenters. The highest BCUT2D eigenvalue weighted by atomic mass is 32.2. The highest BCUT2D eigenvalue weighted by Crippen LogP contribution is 2.19. The first-order chi connectivity index (χ1) is 13.7. The topological polar surface area (TPSA) is 90.0 Å².